The average molecular weight is 335 g/mol. The number of esters is 1. The number of amides is 3. The zero-order valence-corrected chi connectivity index (χ0v) is 13.1. The molecule has 1 aromatic carbocycles. The number of urea groups is 1. The van der Waals surface area contributed by atoms with E-state index < -0.39 is 34.9 Å². The third-order valence-electron chi connectivity index (χ3n) is 2.89. The first kappa shape index (κ1) is 18.8. The minimum atomic E-state index is -1.22. The summed E-state index contributed by atoms with van der Waals surface area (Å²) < 4.78 is 4.98. The minimum absolute atomic E-state index is 0.173. The number of imide groups is 1. The molecule has 0 aromatic heterocycles. The summed E-state index contributed by atoms with van der Waals surface area (Å²) in [5, 5.41) is 12.7. The maximum absolute atomic E-state index is 11.8. The zero-order chi connectivity index (χ0) is 18.3. The molecule has 3 amide bonds. The number of hydrogen-bond donors (Lipinski definition) is 2. The van der Waals surface area contributed by atoms with E-state index in [1.54, 1.807) is 19.9 Å². The lowest BCUT2D eigenvalue weighted by Crippen LogP contribution is -2.45. The van der Waals surface area contributed by atoms with Gasteiger partial charge in [-0.1, -0.05) is 26.0 Å². The summed E-state index contributed by atoms with van der Waals surface area (Å²) in [5.74, 6) is -2.14. The smallest absolute Gasteiger partial charge is 0.331 e. The summed E-state index contributed by atoms with van der Waals surface area (Å²) in [7, 11) is 0. The van der Waals surface area contributed by atoms with Crippen molar-refractivity contribution in [2.75, 3.05) is 0 Å². The third-order valence-corrected chi connectivity index (χ3v) is 2.89. The van der Waals surface area contributed by atoms with E-state index in [1.165, 1.54) is 24.3 Å². The second-order valence-electron chi connectivity index (χ2n) is 5.10. The van der Waals surface area contributed by atoms with Crippen molar-refractivity contribution in [3.63, 3.8) is 0 Å². The van der Waals surface area contributed by atoms with Gasteiger partial charge >= 0.3 is 12.0 Å². The van der Waals surface area contributed by atoms with E-state index in [4.69, 9.17) is 10.5 Å². The van der Waals surface area contributed by atoms with Crippen LogP contribution in [0.4, 0.5) is 10.5 Å². The van der Waals surface area contributed by atoms with Gasteiger partial charge in [0.15, 0.2) is 6.10 Å². The van der Waals surface area contributed by atoms with E-state index in [1.807, 2.05) is 5.32 Å². The predicted molar refractivity (Wildman–Crippen MR) is 84.6 cm³/mol. The van der Waals surface area contributed by atoms with Crippen LogP contribution in [0.2, 0.25) is 0 Å². The molecular formula is C15H17N3O6. The highest BCUT2D eigenvalue weighted by Crippen LogP contribution is 2.19. The molecule has 0 fully saturated rings. The Balaban J connectivity index is 2.85. The van der Waals surface area contributed by atoms with E-state index in [0.717, 1.165) is 6.08 Å². The second-order valence-corrected chi connectivity index (χ2v) is 5.10. The quantitative estimate of drug-likeness (QED) is 0.348. The molecule has 0 unspecified atom stereocenters. The molecule has 3 N–H and O–H groups in total. The van der Waals surface area contributed by atoms with Gasteiger partial charge in [-0.3, -0.25) is 20.2 Å². The number of hydrogen-bond acceptors (Lipinski definition) is 6. The molecule has 24 heavy (non-hydrogen) atoms. The van der Waals surface area contributed by atoms with Crippen molar-refractivity contribution in [3.8, 4) is 0 Å². The summed E-state index contributed by atoms with van der Waals surface area (Å²) in [6, 6.07) is 4.77. The minimum Gasteiger partial charge on any atom is -0.449 e. The van der Waals surface area contributed by atoms with Crippen LogP contribution in [0.15, 0.2) is 30.3 Å². The highest BCUT2D eigenvalue weighted by molar-refractivity contribution is 5.97. The van der Waals surface area contributed by atoms with Gasteiger partial charge in [-0.05, 0) is 18.1 Å². The fourth-order valence-electron chi connectivity index (χ4n) is 1.80. The molecular weight excluding hydrogens is 318 g/mol. The van der Waals surface area contributed by atoms with E-state index in [9.17, 15) is 24.5 Å². The molecule has 0 saturated carbocycles. The van der Waals surface area contributed by atoms with Crippen LogP contribution in [0.1, 0.15) is 19.4 Å². The van der Waals surface area contributed by atoms with Gasteiger partial charge in [-0.25, -0.2) is 9.59 Å². The van der Waals surface area contributed by atoms with Gasteiger partial charge in [0.1, 0.15) is 0 Å². The van der Waals surface area contributed by atoms with E-state index in [0.29, 0.717) is 0 Å². The topological polar surface area (TPSA) is 142 Å². The number of nitro benzene ring substituents is 1. The highest BCUT2D eigenvalue weighted by atomic mass is 16.6. The van der Waals surface area contributed by atoms with E-state index >= 15 is 0 Å². The SMILES string of the molecule is CC(C)[C@@H](OC(=O)/C=C/c1ccccc1[N+](=O)[O-])C(=O)NC(N)=O. The van der Waals surface area contributed by atoms with Gasteiger partial charge in [0.25, 0.3) is 11.6 Å². The van der Waals surface area contributed by atoms with Crippen LogP contribution < -0.4 is 11.1 Å². The fraction of sp³-hybridized carbons (Fsp3) is 0.267. The molecule has 9 nitrogen and oxygen atoms in total. The van der Waals surface area contributed by atoms with Gasteiger partial charge in [0.05, 0.1) is 10.5 Å². The molecule has 0 bridgehead atoms. The fourth-order valence-corrected chi connectivity index (χ4v) is 1.80. The average Bonchev–Trinajstić information content (AvgIpc) is 2.49. The van der Waals surface area contributed by atoms with Gasteiger partial charge in [0, 0.05) is 12.1 Å². The summed E-state index contributed by atoms with van der Waals surface area (Å²) in [6.07, 6.45) is 0.958. The van der Waals surface area contributed by atoms with Crippen molar-refractivity contribution in [3.05, 3.63) is 46.0 Å². The van der Waals surface area contributed by atoms with Crippen LogP contribution in [0.25, 0.3) is 6.08 Å². The molecule has 0 aliphatic heterocycles. The first-order valence-corrected chi connectivity index (χ1v) is 6.94. The number of carbonyl (C=O) groups is 3. The molecule has 9 heteroatoms. The number of nitrogens with zero attached hydrogens (tertiary/aromatic N) is 1. The van der Waals surface area contributed by atoms with Crippen LogP contribution >= 0.6 is 0 Å². The maximum atomic E-state index is 11.8. The Morgan fingerprint density at radius 1 is 1.29 bits per heavy atom. The number of carbonyl (C=O) groups excluding carboxylic acids is 3. The zero-order valence-electron chi connectivity index (χ0n) is 13.1. The van der Waals surface area contributed by atoms with E-state index in [2.05, 4.69) is 0 Å². The molecule has 0 aliphatic rings. The van der Waals surface area contributed by atoms with Crippen LogP contribution in [0.3, 0.4) is 0 Å². The Kier molecular flexibility index (Phi) is 6.60. The number of rotatable bonds is 6. The number of ether oxygens (including phenoxy) is 1. The van der Waals surface area contributed by atoms with Crippen molar-refractivity contribution >= 4 is 29.7 Å². The monoisotopic (exact) mass is 335 g/mol. The molecule has 0 spiro atoms. The van der Waals surface area contributed by atoms with Crippen LogP contribution in [-0.4, -0.2) is 28.9 Å². The van der Waals surface area contributed by atoms with Crippen molar-refractivity contribution < 1.29 is 24.0 Å². The summed E-state index contributed by atoms with van der Waals surface area (Å²) >= 11 is 0. The van der Waals surface area contributed by atoms with Gasteiger partial charge in [-0.15, -0.1) is 0 Å². The Bertz CT molecular complexity index is 684. The predicted octanol–water partition coefficient (Wildman–Crippen LogP) is 1.37. The Labute approximate surface area is 137 Å². The largest absolute Gasteiger partial charge is 0.449 e. The number of nitrogens with one attached hydrogen (secondary N) is 1. The normalized spacial score (nSPS) is 12.0. The summed E-state index contributed by atoms with van der Waals surface area (Å²) in [4.78, 5) is 44.6. The number of nitro groups is 1. The number of nitrogens with two attached hydrogens (primary N) is 1. The molecule has 1 rings (SSSR count). The summed E-state index contributed by atoms with van der Waals surface area (Å²) in [5.41, 5.74) is 4.89. The first-order valence-electron chi connectivity index (χ1n) is 6.94. The van der Waals surface area contributed by atoms with Gasteiger partial charge in [0.2, 0.25) is 0 Å². The molecule has 0 saturated heterocycles. The van der Waals surface area contributed by atoms with Crippen LogP contribution in [-0.2, 0) is 14.3 Å². The number of para-hydroxylation sites is 1. The van der Waals surface area contributed by atoms with Crippen molar-refractivity contribution in [1.82, 2.24) is 5.32 Å². The van der Waals surface area contributed by atoms with E-state index in [-0.39, 0.29) is 11.3 Å². The Hall–Kier alpha value is -3.23. The third kappa shape index (κ3) is 5.52. The molecule has 0 heterocycles. The lowest BCUT2D eigenvalue weighted by molar-refractivity contribution is -0.385. The number of benzene rings is 1. The molecule has 128 valence electrons. The van der Waals surface area contributed by atoms with Crippen molar-refractivity contribution in [2.45, 2.75) is 20.0 Å². The lowest BCUT2D eigenvalue weighted by Gasteiger charge is -2.18. The maximum Gasteiger partial charge on any atom is 0.331 e. The van der Waals surface area contributed by atoms with Crippen molar-refractivity contribution in [2.24, 2.45) is 11.7 Å². The molecule has 1 aromatic rings. The molecule has 0 aliphatic carbocycles. The standard InChI is InChI=1S/C15H17N3O6/c1-9(2)13(14(20)17-15(16)21)24-12(19)8-7-10-5-3-4-6-11(10)18(22)23/h3-9,13H,1-2H3,(H3,16,17,20,21)/b8-7+/t13-/m1/s1. The second kappa shape index (κ2) is 8.42. The van der Waals surface area contributed by atoms with Crippen molar-refractivity contribution in [1.29, 1.82) is 0 Å². The van der Waals surface area contributed by atoms with Crippen LogP contribution in [0, 0.1) is 16.0 Å². The number of primary amides is 1. The van der Waals surface area contributed by atoms with Gasteiger partial charge in [-0.2, -0.15) is 0 Å². The molecule has 0 radical (unpaired) electrons. The Morgan fingerprint density at radius 3 is 2.46 bits per heavy atom. The van der Waals surface area contributed by atoms with Gasteiger partial charge < -0.3 is 10.5 Å². The molecule has 1 atom stereocenters. The Morgan fingerprint density at radius 2 is 1.92 bits per heavy atom. The lowest BCUT2D eigenvalue weighted by atomic mass is 10.1. The van der Waals surface area contributed by atoms with Crippen LogP contribution in [0.5, 0.6) is 0 Å². The first-order chi connectivity index (χ1) is 11.2. The highest BCUT2D eigenvalue weighted by Gasteiger charge is 2.26. The summed E-state index contributed by atoms with van der Waals surface area (Å²) in [6.45, 7) is 3.23.